The summed E-state index contributed by atoms with van der Waals surface area (Å²) in [6, 6.07) is 7.09. The summed E-state index contributed by atoms with van der Waals surface area (Å²) < 4.78 is 5.15. The monoisotopic (exact) mass is 390 g/mol. The third kappa shape index (κ3) is 6.41. The van der Waals surface area contributed by atoms with Crippen LogP contribution in [0.15, 0.2) is 24.3 Å². The van der Waals surface area contributed by atoms with Crippen molar-refractivity contribution >= 4 is 17.6 Å². The van der Waals surface area contributed by atoms with Crippen LogP contribution in [0.3, 0.4) is 0 Å². The van der Waals surface area contributed by atoms with Gasteiger partial charge in [0, 0.05) is 24.7 Å². The molecule has 1 aromatic rings. The molecule has 3 amide bonds. The van der Waals surface area contributed by atoms with Crippen molar-refractivity contribution < 1.29 is 14.3 Å². The van der Waals surface area contributed by atoms with Crippen LogP contribution in [0, 0.1) is 0 Å². The van der Waals surface area contributed by atoms with E-state index in [4.69, 9.17) is 4.74 Å². The maximum atomic E-state index is 12.3. The number of nitrogens with one attached hydrogen (secondary N) is 2. The molecule has 7 nitrogen and oxygen atoms in total. The van der Waals surface area contributed by atoms with Crippen LogP contribution in [0.4, 0.5) is 10.5 Å². The molecule has 0 saturated carbocycles. The average Bonchev–Trinajstić information content (AvgIpc) is 3.05. The Morgan fingerprint density at radius 3 is 2.57 bits per heavy atom. The van der Waals surface area contributed by atoms with Crippen LogP contribution in [0.5, 0.6) is 5.75 Å². The summed E-state index contributed by atoms with van der Waals surface area (Å²) in [5, 5.41) is 5.92. The molecule has 0 spiro atoms. The number of ether oxygens (including phenoxy) is 1. The van der Waals surface area contributed by atoms with E-state index in [-0.39, 0.29) is 24.0 Å². The first-order valence-corrected chi connectivity index (χ1v) is 10.2. The predicted molar refractivity (Wildman–Crippen MR) is 112 cm³/mol. The zero-order chi connectivity index (χ0) is 20.5. The Hall–Kier alpha value is -2.28. The van der Waals surface area contributed by atoms with E-state index in [9.17, 15) is 9.59 Å². The fourth-order valence-corrected chi connectivity index (χ4v) is 3.50. The number of hydrogen-bond acceptors (Lipinski definition) is 4. The minimum atomic E-state index is -0.204. The Kier molecular flexibility index (Phi) is 8.57. The minimum Gasteiger partial charge on any atom is -0.497 e. The molecule has 156 valence electrons. The minimum absolute atomic E-state index is 0.0164. The normalized spacial score (nSPS) is 17.7. The molecule has 0 aliphatic carbocycles. The highest BCUT2D eigenvalue weighted by Gasteiger charge is 2.31. The Balaban J connectivity index is 1.75. The Labute approximate surface area is 168 Å². The molecule has 1 fully saturated rings. The Morgan fingerprint density at radius 2 is 1.96 bits per heavy atom. The second-order valence-corrected chi connectivity index (χ2v) is 7.29. The summed E-state index contributed by atoms with van der Waals surface area (Å²) in [4.78, 5) is 28.7. The molecular formula is C21H34N4O3. The van der Waals surface area contributed by atoms with Gasteiger partial charge in [0.2, 0.25) is 5.91 Å². The molecule has 0 unspecified atom stereocenters. The lowest BCUT2D eigenvalue weighted by atomic mass is 10.2. The van der Waals surface area contributed by atoms with Gasteiger partial charge in [-0.05, 0) is 63.7 Å². The SMILES string of the molecule is CCN(CC)CCC[C@H](C)NC(=O)N[C@@H]1CC(=O)N(c2ccc(OC)cc2)C1. The van der Waals surface area contributed by atoms with E-state index in [1.165, 1.54) is 0 Å². The number of amides is 3. The molecule has 7 heteroatoms. The molecule has 2 atom stereocenters. The van der Waals surface area contributed by atoms with Gasteiger partial charge < -0.3 is 25.2 Å². The number of carbonyl (C=O) groups is 2. The van der Waals surface area contributed by atoms with Gasteiger partial charge in [-0.3, -0.25) is 4.79 Å². The third-order valence-electron chi connectivity index (χ3n) is 5.23. The van der Waals surface area contributed by atoms with Gasteiger partial charge in [0.15, 0.2) is 0 Å². The van der Waals surface area contributed by atoms with Gasteiger partial charge in [0.05, 0.1) is 13.2 Å². The summed E-state index contributed by atoms with van der Waals surface area (Å²) in [6.07, 6.45) is 2.30. The first-order chi connectivity index (χ1) is 13.5. The van der Waals surface area contributed by atoms with Crippen molar-refractivity contribution in [3.63, 3.8) is 0 Å². The zero-order valence-electron chi connectivity index (χ0n) is 17.5. The maximum Gasteiger partial charge on any atom is 0.315 e. The highest BCUT2D eigenvalue weighted by atomic mass is 16.5. The lowest BCUT2D eigenvalue weighted by Gasteiger charge is -2.21. The first kappa shape index (κ1) is 22.0. The number of nitrogens with zero attached hydrogens (tertiary/aromatic N) is 2. The predicted octanol–water partition coefficient (Wildman–Crippen LogP) is 2.61. The highest BCUT2D eigenvalue weighted by molar-refractivity contribution is 5.96. The first-order valence-electron chi connectivity index (χ1n) is 10.2. The lowest BCUT2D eigenvalue weighted by molar-refractivity contribution is -0.117. The fraction of sp³-hybridized carbons (Fsp3) is 0.619. The van der Waals surface area contributed by atoms with Crippen LogP contribution in [-0.4, -0.2) is 62.2 Å². The van der Waals surface area contributed by atoms with Crippen molar-refractivity contribution in [2.45, 2.75) is 52.1 Å². The second-order valence-electron chi connectivity index (χ2n) is 7.29. The van der Waals surface area contributed by atoms with Crippen LogP contribution in [0.1, 0.15) is 40.0 Å². The van der Waals surface area contributed by atoms with E-state index in [1.807, 2.05) is 31.2 Å². The van der Waals surface area contributed by atoms with Gasteiger partial charge >= 0.3 is 6.03 Å². The van der Waals surface area contributed by atoms with Gasteiger partial charge in [0.1, 0.15) is 5.75 Å². The van der Waals surface area contributed by atoms with Crippen LogP contribution in [0.25, 0.3) is 0 Å². The number of carbonyl (C=O) groups excluding carboxylic acids is 2. The van der Waals surface area contributed by atoms with Gasteiger partial charge in [0.25, 0.3) is 0 Å². The molecule has 2 N–H and O–H groups in total. The number of urea groups is 1. The van der Waals surface area contributed by atoms with Crippen molar-refractivity contribution in [2.24, 2.45) is 0 Å². The summed E-state index contributed by atoms with van der Waals surface area (Å²) in [5.74, 6) is 0.766. The number of anilines is 1. The van der Waals surface area contributed by atoms with Gasteiger partial charge in [-0.15, -0.1) is 0 Å². The summed E-state index contributed by atoms with van der Waals surface area (Å²) in [7, 11) is 1.61. The fourth-order valence-electron chi connectivity index (χ4n) is 3.50. The number of rotatable bonds is 10. The highest BCUT2D eigenvalue weighted by Crippen LogP contribution is 2.24. The van der Waals surface area contributed by atoms with Crippen molar-refractivity contribution in [3.8, 4) is 5.75 Å². The largest absolute Gasteiger partial charge is 0.497 e. The zero-order valence-corrected chi connectivity index (χ0v) is 17.5. The molecule has 0 bridgehead atoms. The van der Waals surface area contributed by atoms with Crippen LogP contribution in [-0.2, 0) is 4.79 Å². The summed E-state index contributed by atoms with van der Waals surface area (Å²) in [6.45, 7) is 9.99. The number of methoxy groups -OCH3 is 1. The van der Waals surface area contributed by atoms with Gasteiger partial charge in [-0.1, -0.05) is 13.8 Å². The van der Waals surface area contributed by atoms with Crippen molar-refractivity contribution in [3.05, 3.63) is 24.3 Å². The van der Waals surface area contributed by atoms with Gasteiger partial charge in [-0.2, -0.15) is 0 Å². The molecule has 0 aromatic heterocycles. The van der Waals surface area contributed by atoms with Crippen molar-refractivity contribution in [1.29, 1.82) is 0 Å². The van der Waals surface area contributed by atoms with E-state index in [2.05, 4.69) is 29.4 Å². The third-order valence-corrected chi connectivity index (χ3v) is 5.23. The Bertz CT molecular complexity index is 631. The number of hydrogen-bond donors (Lipinski definition) is 2. The topological polar surface area (TPSA) is 73.9 Å². The van der Waals surface area contributed by atoms with E-state index in [0.29, 0.717) is 13.0 Å². The number of benzene rings is 1. The van der Waals surface area contributed by atoms with E-state index in [0.717, 1.165) is 43.9 Å². The van der Waals surface area contributed by atoms with E-state index >= 15 is 0 Å². The van der Waals surface area contributed by atoms with E-state index < -0.39 is 0 Å². The summed E-state index contributed by atoms with van der Waals surface area (Å²) in [5.41, 5.74) is 0.820. The quantitative estimate of drug-likeness (QED) is 0.644. The van der Waals surface area contributed by atoms with E-state index in [1.54, 1.807) is 12.0 Å². The lowest BCUT2D eigenvalue weighted by Crippen LogP contribution is -2.46. The molecule has 1 aromatic carbocycles. The summed E-state index contributed by atoms with van der Waals surface area (Å²) >= 11 is 0. The Morgan fingerprint density at radius 1 is 1.29 bits per heavy atom. The van der Waals surface area contributed by atoms with Crippen LogP contribution in [0.2, 0.25) is 0 Å². The van der Waals surface area contributed by atoms with Crippen LogP contribution < -0.4 is 20.3 Å². The maximum absolute atomic E-state index is 12.3. The molecule has 1 aliphatic heterocycles. The second kappa shape index (κ2) is 10.9. The van der Waals surface area contributed by atoms with Gasteiger partial charge in [-0.25, -0.2) is 4.79 Å². The molecule has 1 aliphatic rings. The standard InChI is InChI=1S/C21H34N4O3/c1-5-24(6-2)13-7-8-16(3)22-21(27)23-17-14-20(26)25(15-17)18-9-11-19(28-4)12-10-18/h9-12,16-17H,5-8,13-15H2,1-4H3,(H2,22,23,27)/t16-,17+/m0/s1. The average molecular weight is 391 g/mol. The molecule has 28 heavy (non-hydrogen) atoms. The van der Waals surface area contributed by atoms with Crippen molar-refractivity contribution in [1.82, 2.24) is 15.5 Å². The smallest absolute Gasteiger partial charge is 0.315 e. The molecule has 2 rings (SSSR count). The van der Waals surface area contributed by atoms with Crippen LogP contribution >= 0.6 is 0 Å². The van der Waals surface area contributed by atoms with Crippen molar-refractivity contribution in [2.75, 3.05) is 38.2 Å². The molecule has 1 heterocycles. The molecule has 1 saturated heterocycles. The molecule has 0 radical (unpaired) electrons. The molecular weight excluding hydrogens is 356 g/mol.